The molecule has 0 heterocycles. The summed E-state index contributed by atoms with van der Waals surface area (Å²) in [6.45, 7) is 14.2. The first-order chi connectivity index (χ1) is 19.1. The molecule has 0 amide bonds. The maximum Gasteiger partial charge on any atom is -1.00 e. The number of halogens is 2. The molecule has 0 spiro atoms. The van der Waals surface area contributed by atoms with E-state index in [-0.39, 0.29) is 35.6 Å². The van der Waals surface area contributed by atoms with Gasteiger partial charge in [0.2, 0.25) is 0 Å². The predicted octanol–water partition coefficient (Wildman–Crippen LogP) is 3.81. The van der Waals surface area contributed by atoms with Crippen LogP contribution in [-0.2, 0) is 38.7 Å². The summed E-state index contributed by atoms with van der Waals surface area (Å²) >= 11 is -2.83. The average Bonchev–Trinajstić information content (AvgIpc) is 3.59. The van der Waals surface area contributed by atoms with Gasteiger partial charge in [-0.25, -0.2) is 0 Å². The third kappa shape index (κ3) is 6.21. The first-order valence-electron chi connectivity index (χ1n) is 14.7. The zero-order valence-electron chi connectivity index (χ0n) is 25.6. The number of fused-ring (bicyclic) bond motifs is 3. The fourth-order valence-corrected chi connectivity index (χ4v) is 21.4. The van der Waals surface area contributed by atoms with Crippen molar-refractivity contribution in [2.24, 2.45) is 0 Å². The maximum atomic E-state index is 2.52. The van der Waals surface area contributed by atoms with E-state index < -0.39 is 21.4 Å². The van der Waals surface area contributed by atoms with Gasteiger partial charge in [-0.1, -0.05) is 0 Å². The molecule has 0 aliphatic heterocycles. The second-order valence-electron chi connectivity index (χ2n) is 13.6. The Morgan fingerprint density at radius 3 is 1.71 bits per heavy atom. The van der Waals surface area contributed by atoms with E-state index in [0.717, 1.165) is 6.42 Å². The van der Waals surface area contributed by atoms with E-state index in [0.29, 0.717) is 7.35 Å². The van der Waals surface area contributed by atoms with Crippen LogP contribution < -0.4 is 28.1 Å². The summed E-state index contributed by atoms with van der Waals surface area (Å²) in [5.41, 5.74) is 12.3. The number of rotatable bonds is 5. The van der Waals surface area contributed by atoms with Crippen molar-refractivity contribution in [2.75, 3.05) is 0 Å². The minimum absolute atomic E-state index is 0. The van der Waals surface area contributed by atoms with Crippen LogP contribution in [0.25, 0.3) is 11.1 Å². The van der Waals surface area contributed by atoms with Crippen molar-refractivity contribution in [2.45, 2.75) is 66.1 Å². The third-order valence-electron chi connectivity index (χ3n) is 8.72. The van der Waals surface area contributed by atoms with Gasteiger partial charge in [0.25, 0.3) is 0 Å². The van der Waals surface area contributed by atoms with E-state index in [1.54, 1.807) is 14.4 Å². The number of allylic oxidation sites excluding steroid dienone is 4. The Morgan fingerprint density at radius 1 is 0.643 bits per heavy atom. The monoisotopic (exact) mass is 759 g/mol. The van der Waals surface area contributed by atoms with Gasteiger partial charge in [-0.05, 0) is 0 Å². The fourth-order valence-electron chi connectivity index (χ4n) is 6.68. The zero-order valence-corrected chi connectivity index (χ0v) is 30.7. The van der Waals surface area contributed by atoms with E-state index in [9.17, 15) is 0 Å². The largest absolute Gasteiger partial charge is 1.00 e. The van der Waals surface area contributed by atoms with E-state index in [2.05, 4.69) is 157 Å². The van der Waals surface area contributed by atoms with Gasteiger partial charge >= 0.3 is 251 Å². The first-order valence-corrected chi connectivity index (χ1v) is 20.7. The SMILES string of the molecule is CC(C)(C)c1ccc2c(c1)Cc1c-2ccc(C(C)(C)C)[c]1[Hf+2]([CH]1C=CC=C1)[CH](c1ccccc1)c1ccccc1.[Cl-].[Cl-]. The van der Waals surface area contributed by atoms with Gasteiger partial charge in [0.05, 0.1) is 0 Å². The van der Waals surface area contributed by atoms with Crippen LogP contribution in [0.2, 0.25) is 3.67 Å². The normalized spacial score (nSPS) is 13.9. The molecule has 4 aromatic carbocycles. The summed E-state index contributed by atoms with van der Waals surface area (Å²) in [6, 6.07) is 35.0. The number of benzene rings is 4. The van der Waals surface area contributed by atoms with Crippen molar-refractivity contribution in [3.8, 4) is 11.1 Å². The molecule has 2 aliphatic carbocycles. The molecule has 0 radical (unpaired) electrons. The number of hydrogen-bond acceptors (Lipinski definition) is 0. The Morgan fingerprint density at radius 2 is 1.19 bits per heavy atom. The van der Waals surface area contributed by atoms with Crippen molar-refractivity contribution in [1.82, 2.24) is 0 Å². The minimum Gasteiger partial charge on any atom is -1.00 e. The van der Waals surface area contributed by atoms with Crippen molar-refractivity contribution in [1.29, 1.82) is 0 Å². The van der Waals surface area contributed by atoms with Gasteiger partial charge in [-0.2, -0.15) is 0 Å². The van der Waals surface area contributed by atoms with Crippen molar-refractivity contribution >= 4 is 3.32 Å². The Hall–Kier alpha value is -2.19. The number of hydrogen-bond donors (Lipinski definition) is 0. The molecule has 0 bridgehead atoms. The Balaban J connectivity index is 0.00000202. The van der Waals surface area contributed by atoms with Gasteiger partial charge in [0.15, 0.2) is 0 Å². The van der Waals surface area contributed by atoms with Crippen LogP contribution in [0.5, 0.6) is 0 Å². The molecule has 3 heteroatoms. The Labute approximate surface area is 273 Å². The smallest absolute Gasteiger partial charge is 1.00 e. The predicted molar refractivity (Wildman–Crippen MR) is 168 cm³/mol. The second kappa shape index (κ2) is 12.8. The summed E-state index contributed by atoms with van der Waals surface area (Å²) in [5, 5.41) is 0. The van der Waals surface area contributed by atoms with E-state index in [4.69, 9.17) is 0 Å². The van der Waals surface area contributed by atoms with Gasteiger partial charge < -0.3 is 24.8 Å². The van der Waals surface area contributed by atoms with Crippen LogP contribution in [0.15, 0.2) is 115 Å². The molecule has 0 saturated carbocycles. The molecular weight excluding hydrogens is 718 g/mol. The van der Waals surface area contributed by atoms with Gasteiger partial charge in [0.1, 0.15) is 0 Å². The zero-order chi connectivity index (χ0) is 28.1. The Kier molecular flexibility index (Phi) is 9.98. The van der Waals surface area contributed by atoms with Crippen molar-refractivity contribution in [3.05, 3.63) is 149 Å². The molecule has 6 rings (SSSR count). The van der Waals surface area contributed by atoms with Gasteiger partial charge in [-0.3, -0.25) is 0 Å². The standard InChI is InChI=1S/C21H25.C13H11.C5H5.2ClH.Hf/c1-20(2,3)16-7-9-18-14(12-16)11-15-13-17(21(4,5)6)8-10-19(15)18;1-3-7-12(8-4-1)11-13-9-5-2-6-10-13;1-2-4-5-3-1;;;/h7-10,12H,11H2,1-6H3;1-11H;1-5H;2*1H;/q;;;;;+2/p-2. The summed E-state index contributed by atoms with van der Waals surface area (Å²) in [4.78, 5) is 0. The van der Waals surface area contributed by atoms with Crippen LogP contribution >= 0.6 is 0 Å². The molecule has 0 atom stereocenters. The summed E-state index contributed by atoms with van der Waals surface area (Å²) in [6.07, 6.45) is 10.7. The van der Waals surface area contributed by atoms with Crippen molar-refractivity contribution < 1.29 is 46.3 Å². The molecule has 0 nitrogen and oxygen atoms in total. The molecule has 4 aromatic rings. The first kappa shape index (κ1) is 32.7. The molecule has 0 N–H and O–H groups in total. The van der Waals surface area contributed by atoms with Crippen molar-refractivity contribution in [3.63, 3.8) is 0 Å². The maximum absolute atomic E-state index is 2.83. The van der Waals surface area contributed by atoms with Crippen LogP contribution in [-0.4, -0.2) is 0 Å². The molecule has 0 unspecified atom stereocenters. The van der Waals surface area contributed by atoms with E-state index >= 15 is 0 Å². The summed E-state index contributed by atoms with van der Waals surface area (Å²) < 4.78 is 2.76. The molecule has 0 aromatic heterocycles. The topological polar surface area (TPSA) is 0 Å². The summed E-state index contributed by atoms with van der Waals surface area (Å²) in [5.74, 6) is 0. The third-order valence-corrected chi connectivity index (χ3v) is 21.4. The fraction of sp³-hybridized carbons (Fsp3) is 0.282. The van der Waals surface area contributed by atoms with Crippen LogP contribution in [0.1, 0.15) is 78.6 Å². The minimum atomic E-state index is -2.83. The van der Waals surface area contributed by atoms with Gasteiger partial charge in [-0.15, -0.1) is 0 Å². The Bertz CT molecular complexity index is 1540. The summed E-state index contributed by atoms with van der Waals surface area (Å²) in [7, 11) is 0. The average molecular weight is 759 g/mol. The molecule has 2 aliphatic rings. The van der Waals surface area contributed by atoms with Gasteiger partial charge in [0, 0.05) is 0 Å². The molecule has 215 valence electrons. The van der Waals surface area contributed by atoms with Crippen LogP contribution in [0.3, 0.4) is 0 Å². The molecule has 0 fully saturated rings. The molecule has 0 saturated heterocycles. The van der Waals surface area contributed by atoms with Crippen LogP contribution in [0, 0.1) is 0 Å². The van der Waals surface area contributed by atoms with E-state index in [1.165, 1.54) is 33.4 Å². The molecular formula is C39H41Cl2Hf. The second-order valence-corrected chi connectivity index (χ2v) is 23.1. The van der Waals surface area contributed by atoms with Crippen LogP contribution in [0.4, 0.5) is 0 Å². The van der Waals surface area contributed by atoms with E-state index in [1.807, 2.05) is 0 Å². The quantitative estimate of drug-likeness (QED) is 0.240. The molecule has 42 heavy (non-hydrogen) atoms.